The number of rotatable bonds is 5. The van der Waals surface area contributed by atoms with E-state index >= 15 is 0 Å². The average Bonchev–Trinajstić information content (AvgIpc) is 2.40. The summed E-state index contributed by atoms with van der Waals surface area (Å²) in [7, 11) is 0. The summed E-state index contributed by atoms with van der Waals surface area (Å²) in [5.41, 5.74) is 0.908. The smallest absolute Gasteiger partial charge is 0.147 e. The highest BCUT2D eigenvalue weighted by atomic mass is 32.2. The van der Waals surface area contributed by atoms with Gasteiger partial charge in [-0.1, -0.05) is 31.4 Å². The van der Waals surface area contributed by atoms with E-state index in [4.69, 9.17) is 0 Å². The molecule has 1 aliphatic carbocycles. The summed E-state index contributed by atoms with van der Waals surface area (Å²) < 4.78 is 12.7. The summed E-state index contributed by atoms with van der Waals surface area (Å²) in [5.74, 6) is 0.599. The number of carbonyl (C=O) groups excluding carboxylic acids is 1. The van der Waals surface area contributed by atoms with E-state index in [1.807, 2.05) is 0 Å². The van der Waals surface area contributed by atoms with Crippen LogP contribution in [0.1, 0.15) is 37.7 Å². The van der Waals surface area contributed by atoms with Crippen molar-refractivity contribution in [3.63, 3.8) is 0 Å². The van der Waals surface area contributed by atoms with Gasteiger partial charge in [0, 0.05) is 11.7 Å². The van der Waals surface area contributed by atoms with E-state index in [0.29, 0.717) is 17.4 Å². The van der Waals surface area contributed by atoms with Gasteiger partial charge in [-0.3, -0.25) is 4.79 Å². The summed E-state index contributed by atoms with van der Waals surface area (Å²) >= 11 is 1.80. The van der Waals surface area contributed by atoms with Crippen LogP contribution in [0.4, 0.5) is 4.39 Å². The standard InChI is InChI=1S/C15H19FOS/c16-13-8-6-12(7-9-13)10-14(17)11-18-15-4-2-1-3-5-15/h6-9,15H,1-5,10-11H2. The Morgan fingerprint density at radius 1 is 1.17 bits per heavy atom. The third-order valence-corrected chi connectivity index (χ3v) is 4.78. The number of carbonyl (C=O) groups is 1. The van der Waals surface area contributed by atoms with Gasteiger partial charge in [0.15, 0.2) is 0 Å². The molecule has 1 aromatic rings. The van der Waals surface area contributed by atoms with Crippen molar-refractivity contribution in [2.24, 2.45) is 0 Å². The van der Waals surface area contributed by atoms with E-state index < -0.39 is 0 Å². The predicted octanol–water partition coefficient (Wildman–Crippen LogP) is 4.00. The highest BCUT2D eigenvalue weighted by Crippen LogP contribution is 2.28. The van der Waals surface area contributed by atoms with Crippen LogP contribution in [0.25, 0.3) is 0 Å². The molecule has 0 aromatic heterocycles. The van der Waals surface area contributed by atoms with Gasteiger partial charge in [-0.2, -0.15) is 11.8 Å². The second kappa shape index (κ2) is 6.93. The first-order valence-electron chi connectivity index (χ1n) is 6.62. The first kappa shape index (κ1) is 13.6. The van der Waals surface area contributed by atoms with Gasteiger partial charge < -0.3 is 0 Å². The fraction of sp³-hybridized carbons (Fsp3) is 0.533. The Kier molecular flexibility index (Phi) is 5.24. The van der Waals surface area contributed by atoms with Crippen LogP contribution in [0.2, 0.25) is 0 Å². The zero-order valence-electron chi connectivity index (χ0n) is 10.5. The second-order valence-electron chi connectivity index (χ2n) is 4.91. The van der Waals surface area contributed by atoms with Crippen molar-refractivity contribution in [3.05, 3.63) is 35.6 Å². The quantitative estimate of drug-likeness (QED) is 0.801. The largest absolute Gasteiger partial charge is 0.298 e. The van der Waals surface area contributed by atoms with Crippen LogP contribution in [0.3, 0.4) is 0 Å². The number of hydrogen-bond acceptors (Lipinski definition) is 2. The van der Waals surface area contributed by atoms with E-state index in [1.54, 1.807) is 23.9 Å². The molecule has 3 heteroatoms. The van der Waals surface area contributed by atoms with Gasteiger partial charge >= 0.3 is 0 Å². The molecule has 18 heavy (non-hydrogen) atoms. The molecule has 0 atom stereocenters. The molecule has 0 aliphatic heterocycles. The molecule has 0 heterocycles. The van der Waals surface area contributed by atoms with Gasteiger partial charge in [0.05, 0.1) is 5.75 Å². The molecule has 0 bridgehead atoms. The van der Waals surface area contributed by atoms with Crippen molar-refractivity contribution in [2.75, 3.05) is 5.75 Å². The summed E-state index contributed by atoms with van der Waals surface area (Å²) in [6.07, 6.45) is 6.91. The third-order valence-electron chi connectivity index (χ3n) is 3.35. The normalized spacial score (nSPS) is 16.7. The fourth-order valence-corrected chi connectivity index (χ4v) is 3.51. The highest BCUT2D eigenvalue weighted by molar-refractivity contribution is 8.00. The maximum Gasteiger partial charge on any atom is 0.147 e. The SMILES string of the molecule is O=C(CSC1CCCCC1)Cc1ccc(F)cc1. The maximum absolute atomic E-state index is 12.7. The molecule has 1 aliphatic rings. The zero-order valence-corrected chi connectivity index (χ0v) is 11.3. The lowest BCUT2D eigenvalue weighted by Crippen LogP contribution is -2.13. The first-order chi connectivity index (χ1) is 8.74. The van der Waals surface area contributed by atoms with Gasteiger partial charge in [0.2, 0.25) is 0 Å². The number of hydrogen-bond donors (Lipinski definition) is 0. The Bertz CT molecular complexity index is 382. The molecule has 0 radical (unpaired) electrons. The van der Waals surface area contributed by atoms with Gasteiger partial charge in [-0.25, -0.2) is 4.39 Å². The molecular weight excluding hydrogens is 247 g/mol. The lowest BCUT2D eigenvalue weighted by molar-refractivity contribution is -0.116. The van der Waals surface area contributed by atoms with Crippen LogP contribution in [-0.2, 0) is 11.2 Å². The first-order valence-corrected chi connectivity index (χ1v) is 7.66. The molecule has 98 valence electrons. The number of benzene rings is 1. The molecule has 2 rings (SSSR count). The van der Waals surface area contributed by atoms with E-state index in [1.165, 1.54) is 44.2 Å². The molecular formula is C15H19FOS. The number of ketones is 1. The molecule has 0 amide bonds. The molecule has 1 fully saturated rings. The van der Waals surface area contributed by atoms with Crippen LogP contribution in [0.5, 0.6) is 0 Å². The van der Waals surface area contributed by atoms with Crippen LogP contribution in [0.15, 0.2) is 24.3 Å². The Morgan fingerprint density at radius 2 is 1.83 bits per heavy atom. The van der Waals surface area contributed by atoms with Gasteiger partial charge in [0.1, 0.15) is 11.6 Å². The number of Topliss-reactive ketones (excluding diaryl/α,β-unsaturated/α-hetero) is 1. The van der Waals surface area contributed by atoms with Gasteiger partial charge in [0.25, 0.3) is 0 Å². The van der Waals surface area contributed by atoms with Crippen molar-refractivity contribution in [1.82, 2.24) is 0 Å². The molecule has 0 spiro atoms. The van der Waals surface area contributed by atoms with E-state index in [-0.39, 0.29) is 11.6 Å². The lowest BCUT2D eigenvalue weighted by atomic mass is 10.0. The number of halogens is 1. The summed E-state index contributed by atoms with van der Waals surface area (Å²) in [6, 6.07) is 6.21. The number of thioether (sulfide) groups is 1. The van der Waals surface area contributed by atoms with Crippen molar-refractivity contribution in [3.8, 4) is 0 Å². The molecule has 0 N–H and O–H groups in total. The van der Waals surface area contributed by atoms with Crippen LogP contribution in [-0.4, -0.2) is 16.8 Å². The maximum atomic E-state index is 12.7. The Labute approximate surface area is 112 Å². The molecule has 0 unspecified atom stereocenters. The Balaban J connectivity index is 1.73. The fourth-order valence-electron chi connectivity index (χ4n) is 2.32. The Morgan fingerprint density at radius 3 is 2.50 bits per heavy atom. The van der Waals surface area contributed by atoms with Crippen LogP contribution < -0.4 is 0 Å². The van der Waals surface area contributed by atoms with Crippen molar-refractivity contribution in [1.29, 1.82) is 0 Å². The minimum Gasteiger partial charge on any atom is -0.298 e. The van der Waals surface area contributed by atoms with Crippen molar-refractivity contribution >= 4 is 17.5 Å². The third kappa shape index (κ3) is 4.45. The zero-order chi connectivity index (χ0) is 12.8. The van der Waals surface area contributed by atoms with E-state index in [9.17, 15) is 9.18 Å². The molecule has 0 saturated heterocycles. The Hall–Kier alpha value is -0.830. The van der Waals surface area contributed by atoms with Crippen molar-refractivity contribution < 1.29 is 9.18 Å². The predicted molar refractivity (Wildman–Crippen MR) is 74.4 cm³/mol. The monoisotopic (exact) mass is 266 g/mol. The second-order valence-corrected chi connectivity index (χ2v) is 6.20. The molecule has 1 aromatic carbocycles. The van der Waals surface area contributed by atoms with Gasteiger partial charge in [-0.05, 0) is 30.5 Å². The molecule has 1 saturated carbocycles. The lowest BCUT2D eigenvalue weighted by Gasteiger charge is -2.20. The van der Waals surface area contributed by atoms with E-state index in [0.717, 1.165) is 5.56 Å². The van der Waals surface area contributed by atoms with Crippen LogP contribution in [0, 0.1) is 5.82 Å². The van der Waals surface area contributed by atoms with Crippen LogP contribution >= 0.6 is 11.8 Å². The average molecular weight is 266 g/mol. The minimum atomic E-state index is -0.247. The highest BCUT2D eigenvalue weighted by Gasteiger charge is 2.15. The van der Waals surface area contributed by atoms with Gasteiger partial charge in [-0.15, -0.1) is 0 Å². The van der Waals surface area contributed by atoms with Crippen molar-refractivity contribution in [2.45, 2.75) is 43.8 Å². The topological polar surface area (TPSA) is 17.1 Å². The summed E-state index contributed by atoms with van der Waals surface area (Å²) in [5, 5.41) is 0.677. The molecule has 1 nitrogen and oxygen atoms in total. The minimum absolute atomic E-state index is 0.247. The summed E-state index contributed by atoms with van der Waals surface area (Å²) in [4.78, 5) is 11.8. The van der Waals surface area contributed by atoms with E-state index in [2.05, 4.69) is 0 Å². The summed E-state index contributed by atoms with van der Waals surface area (Å²) in [6.45, 7) is 0.